The summed E-state index contributed by atoms with van der Waals surface area (Å²) in [6, 6.07) is 20.6. The predicted molar refractivity (Wildman–Crippen MR) is 124 cm³/mol. The Morgan fingerprint density at radius 3 is 2.26 bits per heavy atom. The first-order valence-electron chi connectivity index (χ1n) is 9.64. The molecule has 3 aromatic carbocycles. The minimum absolute atomic E-state index is 0.0519. The van der Waals surface area contributed by atoms with Crippen LogP contribution in [0, 0.1) is 11.8 Å². The Balaban J connectivity index is 1.85. The number of aliphatic hydroxyl groups is 1. The standard InChI is InChI=1S/C26H20O4S/c1-29-20-11-9-19(10-12-20)26-24(22-14-13-21(30-2)16-23(22)31-26)25(28)18-7-5-17(6-8-18)4-3-15-27/h5-14,16,27H,15H2,1-2H3. The van der Waals surface area contributed by atoms with Gasteiger partial charge in [-0.2, -0.15) is 0 Å². The lowest BCUT2D eigenvalue weighted by Crippen LogP contribution is -2.02. The van der Waals surface area contributed by atoms with E-state index in [2.05, 4.69) is 11.8 Å². The first-order chi connectivity index (χ1) is 15.1. The quantitative estimate of drug-likeness (QED) is 0.352. The van der Waals surface area contributed by atoms with Gasteiger partial charge in [0.1, 0.15) is 18.1 Å². The molecule has 0 unspecified atom stereocenters. The van der Waals surface area contributed by atoms with Gasteiger partial charge in [-0.25, -0.2) is 0 Å². The summed E-state index contributed by atoms with van der Waals surface area (Å²) in [6.45, 7) is -0.198. The number of ether oxygens (including phenoxy) is 2. The highest BCUT2D eigenvalue weighted by atomic mass is 32.1. The fourth-order valence-corrected chi connectivity index (χ4v) is 4.60. The van der Waals surface area contributed by atoms with E-state index in [1.165, 1.54) is 0 Å². The van der Waals surface area contributed by atoms with Gasteiger partial charge < -0.3 is 14.6 Å². The van der Waals surface area contributed by atoms with Crippen molar-refractivity contribution in [1.29, 1.82) is 0 Å². The van der Waals surface area contributed by atoms with Gasteiger partial charge in [0.05, 0.1) is 14.2 Å². The van der Waals surface area contributed by atoms with E-state index in [9.17, 15) is 4.79 Å². The number of fused-ring (bicyclic) bond motifs is 1. The van der Waals surface area contributed by atoms with Gasteiger partial charge in [-0.3, -0.25) is 4.79 Å². The SMILES string of the molecule is COc1ccc(-c2sc3cc(OC)ccc3c2C(=O)c2ccc(C#CCO)cc2)cc1. The molecule has 0 aliphatic carbocycles. The second kappa shape index (κ2) is 9.05. The molecule has 1 N–H and O–H groups in total. The number of methoxy groups -OCH3 is 2. The summed E-state index contributed by atoms with van der Waals surface area (Å²) in [5.41, 5.74) is 2.96. The zero-order valence-corrected chi connectivity index (χ0v) is 18.0. The van der Waals surface area contributed by atoms with Gasteiger partial charge in [-0.1, -0.05) is 11.8 Å². The van der Waals surface area contributed by atoms with Crippen molar-refractivity contribution in [2.24, 2.45) is 0 Å². The van der Waals surface area contributed by atoms with Gasteiger partial charge in [-0.05, 0) is 72.3 Å². The van der Waals surface area contributed by atoms with E-state index < -0.39 is 0 Å². The summed E-state index contributed by atoms with van der Waals surface area (Å²) in [6.07, 6.45) is 0. The van der Waals surface area contributed by atoms with Crippen molar-refractivity contribution >= 4 is 27.2 Å². The van der Waals surface area contributed by atoms with Crippen molar-refractivity contribution in [2.45, 2.75) is 0 Å². The van der Waals surface area contributed by atoms with Crippen LogP contribution in [0.25, 0.3) is 20.5 Å². The molecular weight excluding hydrogens is 408 g/mol. The lowest BCUT2D eigenvalue weighted by molar-refractivity contribution is 0.104. The largest absolute Gasteiger partial charge is 0.497 e. The lowest BCUT2D eigenvalue weighted by Gasteiger charge is -2.07. The maximum Gasteiger partial charge on any atom is 0.195 e. The van der Waals surface area contributed by atoms with Crippen LogP contribution in [0.15, 0.2) is 66.7 Å². The monoisotopic (exact) mass is 428 g/mol. The zero-order chi connectivity index (χ0) is 21.8. The normalized spacial score (nSPS) is 10.4. The summed E-state index contributed by atoms with van der Waals surface area (Å²) in [5.74, 6) is 6.93. The van der Waals surface area contributed by atoms with E-state index in [1.54, 1.807) is 49.8 Å². The highest BCUT2D eigenvalue weighted by Gasteiger charge is 2.22. The van der Waals surface area contributed by atoms with Crippen LogP contribution in [0.4, 0.5) is 0 Å². The van der Waals surface area contributed by atoms with Crippen molar-refractivity contribution < 1.29 is 19.4 Å². The van der Waals surface area contributed by atoms with Crippen molar-refractivity contribution in [3.8, 4) is 33.8 Å². The minimum Gasteiger partial charge on any atom is -0.497 e. The van der Waals surface area contributed by atoms with Crippen molar-refractivity contribution in [3.05, 3.63) is 83.4 Å². The Labute approximate surface area is 184 Å². The molecule has 4 nitrogen and oxygen atoms in total. The number of hydrogen-bond acceptors (Lipinski definition) is 5. The Kier molecular flexibility index (Phi) is 6.03. The van der Waals surface area contributed by atoms with Gasteiger partial charge >= 0.3 is 0 Å². The Bertz CT molecular complexity index is 1290. The summed E-state index contributed by atoms with van der Waals surface area (Å²) in [4.78, 5) is 14.5. The molecule has 0 spiro atoms. The molecule has 0 amide bonds. The predicted octanol–water partition coefficient (Wildman–Crippen LogP) is 5.16. The summed E-state index contributed by atoms with van der Waals surface area (Å²) < 4.78 is 11.6. The lowest BCUT2D eigenvalue weighted by atomic mass is 9.97. The maximum atomic E-state index is 13.6. The van der Waals surface area contributed by atoms with E-state index in [0.29, 0.717) is 11.1 Å². The Morgan fingerprint density at radius 1 is 0.935 bits per heavy atom. The van der Waals surface area contributed by atoms with Gasteiger partial charge in [0.2, 0.25) is 0 Å². The molecule has 0 saturated carbocycles. The third-order valence-corrected chi connectivity index (χ3v) is 6.14. The second-order valence-electron chi connectivity index (χ2n) is 6.76. The first kappa shape index (κ1) is 20.7. The summed E-state index contributed by atoms with van der Waals surface area (Å²) in [7, 11) is 3.26. The fourth-order valence-electron chi connectivity index (χ4n) is 3.37. The number of ketones is 1. The highest BCUT2D eigenvalue weighted by molar-refractivity contribution is 7.22. The zero-order valence-electron chi connectivity index (χ0n) is 17.1. The number of carbonyl (C=O) groups is 1. The Hall–Kier alpha value is -3.59. The summed E-state index contributed by atoms with van der Waals surface area (Å²) >= 11 is 1.57. The number of benzene rings is 3. The van der Waals surface area contributed by atoms with E-state index in [-0.39, 0.29) is 12.4 Å². The van der Waals surface area contributed by atoms with Crippen molar-refractivity contribution in [3.63, 3.8) is 0 Å². The van der Waals surface area contributed by atoms with Crippen LogP contribution < -0.4 is 9.47 Å². The van der Waals surface area contributed by atoms with Crippen LogP contribution in [-0.4, -0.2) is 31.7 Å². The van der Waals surface area contributed by atoms with Crippen LogP contribution in [-0.2, 0) is 0 Å². The molecular formula is C26H20O4S. The molecule has 0 aliphatic rings. The third kappa shape index (κ3) is 4.17. The third-order valence-electron chi connectivity index (χ3n) is 4.94. The van der Waals surface area contributed by atoms with E-state index in [1.807, 2.05) is 42.5 Å². The molecule has 1 aromatic heterocycles. The average molecular weight is 429 g/mol. The molecule has 0 fully saturated rings. The molecule has 1 heterocycles. The highest BCUT2D eigenvalue weighted by Crippen LogP contribution is 2.41. The maximum absolute atomic E-state index is 13.6. The van der Waals surface area contributed by atoms with Crippen LogP contribution in [0.5, 0.6) is 11.5 Å². The van der Waals surface area contributed by atoms with Gasteiger partial charge in [0.15, 0.2) is 5.78 Å². The molecule has 5 heteroatoms. The van der Waals surface area contributed by atoms with E-state index >= 15 is 0 Å². The number of thiophene rings is 1. The minimum atomic E-state index is -0.198. The fraction of sp³-hybridized carbons (Fsp3) is 0.115. The van der Waals surface area contributed by atoms with Crippen LogP contribution >= 0.6 is 11.3 Å². The van der Waals surface area contributed by atoms with E-state index in [4.69, 9.17) is 14.6 Å². The molecule has 0 saturated heterocycles. The van der Waals surface area contributed by atoms with Crippen LogP contribution in [0.3, 0.4) is 0 Å². The van der Waals surface area contributed by atoms with Gasteiger partial charge in [0.25, 0.3) is 0 Å². The molecule has 0 radical (unpaired) electrons. The molecule has 0 bridgehead atoms. The summed E-state index contributed by atoms with van der Waals surface area (Å²) in [5, 5.41) is 9.76. The molecule has 4 aromatic rings. The second-order valence-corrected chi connectivity index (χ2v) is 7.82. The van der Waals surface area contributed by atoms with Crippen molar-refractivity contribution in [1.82, 2.24) is 0 Å². The number of carbonyl (C=O) groups excluding carboxylic acids is 1. The molecule has 4 rings (SSSR count). The Morgan fingerprint density at radius 2 is 1.61 bits per heavy atom. The molecule has 0 aliphatic heterocycles. The number of hydrogen-bond donors (Lipinski definition) is 1. The molecule has 154 valence electrons. The van der Waals surface area contributed by atoms with Crippen LogP contribution in [0.1, 0.15) is 21.5 Å². The topological polar surface area (TPSA) is 55.8 Å². The van der Waals surface area contributed by atoms with Gasteiger partial charge in [0, 0.05) is 31.7 Å². The first-order valence-corrected chi connectivity index (χ1v) is 10.5. The van der Waals surface area contributed by atoms with Crippen LogP contribution in [0.2, 0.25) is 0 Å². The smallest absolute Gasteiger partial charge is 0.195 e. The van der Waals surface area contributed by atoms with Crippen molar-refractivity contribution in [2.75, 3.05) is 20.8 Å². The van der Waals surface area contributed by atoms with E-state index in [0.717, 1.165) is 37.6 Å². The van der Waals surface area contributed by atoms with Gasteiger partial charge in [-0.15, -0.1) is 11.3 Å². The molecule has 0 atom stereocenters. The average Bonchev–Trinajstić information content (AvgIpc) is 3.21. The molecule has 31 heavy (non-hydrogen) atoms. The number of rotatable bonds is 5. The number of aliphatic hydroxyl groups excluding tert-OH is 1.